The van der Waals surface area contributed by atoms with Crippen LogP contribution < -0.4 is 5.32 Å². The van der Waals surface area contributed by atoms with Gasteiger partial charge in [0.2, 0.25) is 0 Å². The molecule has 0 amide bonds. The lowest BCUT2D eigenvalue weighted by Crippen LogP contribution is -2.23. The monoisotopic (exact) mass is 256 g/mol. The van der Waals surface area contributed by atoms with Gasteiger partial charge in [-0.3, -0.25) is 0 Å². The van der Waals surface area contributed by atoms with Crippen LogP contribution in [0, 0.1) is 5.41 Å². The van der Waals surface area contributed by atoms with Crippen LogP contribution in [0.15, 0.2) is 30.3 Å². The number of aromatic nitrogens is 3. The average molecular weight is 256 g/mol. The molecule has 1 aliphatic rings. The van der Waals surface area contributed by atoms with Gasteiger partial charge in [-0.05, 0) is 24.7 Å². The molecule has 1 aliphatic carbocycles. The molecule has 0 radical (unpaired) electrons. The Labute approximate surface area is 113 Å². The average Bonchev–Trinajstić information content (AvgIpc) is 3.09. The summed E-state index contributed by atoms with van der Waals surface area (Å²) in [7, 11) is 0. The van der Waals surface area contributed by atoms with Crippen LogP contribution in [-0.4, -0.2) is 22.0 Å². The zero-order valence-corrected chi connectivity index (χ0v) is 11.3. The largest absolute Gasteiger partial charge is 0.310 e. The van der Waals surface area contributed by atoms with E-state index in [0.717, 1.165) is 30.0 Å². The molecule has 0 aliphatic heterocycles. The predicted octanol–water partition coefficient (Wildman–Crippen LogP) is 2.75. The fourth-order valence-electron chi connectivity index (χ4n) is 2.48. The van der Waals surface area contributed by atoms with Crippen molar-refractivity contribution >= 4 is 0 Å². The van der Waals surface area contributed by atoms with Crippen LogP contribution in [0.4, 0.5) is 0 Å². The Morgan fingerprint density at radius 1 is 1.21 bits per heavy atom. The number of H-pyrrole nitrogens is 1. The van der Waals surface area contributed by atoms with Crippen LogP contribution in [0.2, 0.25) is 0 Å². The van der Waals surface area contributed by atoms with E-state index in [-0.39, 0.29) is 0 Å². The van der Waals surface area contributed by atoms with Crippen LogP contribution in [-0.2, 0) is 6.54 Å². The van der Waals surface area contributed by atoms with Gasteiger partial charge in [-0.25, -0.2) is 0 Å². The zero-order valence-electron chi connectivity index (χ0n) is 11.3. The summed E-state index contributed by atoms with van der Waals surface area (Å²) in [6.07, 6.45) is 3.99. The molecule has 1 aromatic heterocycles. The third kappa shape index (κ3) is 2.68. The lowest BCUT2D eigenvalue weighted by molar-refractivity contribution is 0.442. The van der Waals surface area contributed by atoms with Crippen molar-refractivity contribution in [2.24, 2.45) is 5.41 Å². The Hall–Kier alpha value is -1.68. The van der Waals surface area contributed by atoms with Crippen molar-refractivity contribution in [3.8, 4) is 11.3 Å². The fraction of sp³-hybridized carbons (Fsp3) is 0.467. The molecule has 1 aromatic carbocycles. The minimum Gasteiger partial charge on any atom is -0.310 e. The number of hydrogen-bond acceptors (Lipinski definition) is 3. The Balaban J connectivity index is 1.64. The first kappa shape index (κ1) is 12.4. The van der Waals surface area contributed by atoms with Crippen LogP contribution in [0.5, 0.6) is 0 Å². The number of rotatable bonds is 6. The summed E-state index contributed by atoms with van der Waals surface area (Å²) < 4.78 is 0. The van der Waals surface area contributed by atoms with E-state index in [1.165, 1.54) is 19.3 Å². The molecule has 19 heavy (non-hydrogen) atoms. The van der Waals surface area contributed by atoms with Crippen molar-refractivity contribution in [1.82, 2.24) is 20.7 Å². The highest BCUT2D eigenvalue weighted by Gasteiger charge is 2.39. The highest BCUT2D eigenvalue weighted by molar-refractivity contribution is 5.60. The number of benzene rings is 1. The van der Waals surface area contributed by atoms with E-state index in [0.29, 0.717) is 5.41 Å². The maximum Gasteiger partial charge on any atom is 0.117 e. The molecule has 1 heterocycles. The number of aromatic amines is 1. The second kappa shape index (κ2) is 5.13. The van der Waals surface area contributed by atoms with E-state index in [9.17, 15) is 0 Å². The summed E-state index contributed by atoms with van der Waals surface area (Å²) >= 11 is 0. The van der Waals surface area contributed by atoms with E-state index in [1.54, 1.807) is 0 Å². The van der Waals surface area contributed by atoms with Crippen LogP contribution >= 0.6 is 0 Å². The molecule has 0 spiro atoms. The summed E-state index contributed by atoms with van der Waals surface area (Å²) in [4.78, 5) is 0. The number of nitrogens with zero attached hydrogens (tertiary/aromatic N) is 2. The molecule has 0 saturated heterocycles. The summed E-state index contributed by atoms with van der Waals surface area (Å²) in [6.45, 7) is 4.15. The normalized spacial score (nSPS) is 16.5. The molecule has 4 heteroatoms. The zero-order chi connectivity index (χ0) is 13.1. The molecule has 0 atom stereocenters. The van der Waals surface area contributed by atoms with Gasteiger partial charge >= 0.3 is 0 Å². The molecule has 100 valence electrons. The van der Waals surface area contributed by atoms with Crippen molar-refractivity contribution in [1.29, 1.82) is 0 Å². The summed E-state index contributed by atoms with van der Waals surface area (Å²) in [6, 6.07) is 10.2. The fourth-order valence-corrected chi connectivity index (χ4v) is 2.48. The van der Waals surface area contributed by atoms with Crippen molar-refractivity contribution in [2.75, 3.05) is 6.54 Å². The van der Waals surface area contributed by atoms with Gasteiger partial charge in [0.15, 0.2) is 0 Å². The summed E-state index contributed by atoms with van der Waals surface area (Å²) in [5.41, 5.74) is 3.63. The van der Waals surface area contributed by atoms with E-state index >= 15 is 0 Å². The maximum atomic E-state index is 4.26. The molecule has 3 rings (SSSR count). The molecule has 1 fully saturated rings. The summed E-state index contributed by atoms with van der Waals surface area (Å²) in [5, 5.41) is 14.8. The van der Waals surface area contributed by atoms with E-state index in [4.69, 9.17) is 0 Å². The van der Waals surface area contributed by atoms with Crippen molar-refractivity contribution in [2.45, 2.75) is 32.7 Å². The van der Waals surface area contributed by atoms with Crippen molar-refractivity contribution in [3.63, 3.8) is 0 Å². The topological polar surface area (TPSA) is 53.6 Å². The second-order valence-corrected chi connectivity index (χ2v) is 5.44. The second-order valence-electron chi connectivity index (χ2n) is 5.44. The van der Waals surface area contributed by atoms with Gasteiger partial charge in [0.1, 0.15) is 11.4 Å². The summed E-state index contributed by atoms with van der Waals surface area (Å²) in [5.74, 6) is 0. The van der Waals surface area contributed by atoms with Gasteiger partial charge in [-0.15, -0.1) is 0 Å². The van der Waals surface area contributed by atoms with Crippen molar-refractivity contribution < 1.29 is 0 Å². The van der Waals surface area contributed by atoms with Gasteiger partial charge in [-0.2, -0.15) is 15.4 Å². The van der Waals surface area contributed by atoms with Gasteiger partial charge in [0, 0.05) is 18.7 Å². The van der Waals surface area contributed by atoms with Crippen LogP contribution in [0.25, 0.3) is 11.3 Å². The minimum atomic E-state index is 0.566. The lowest BCUT2D eigenvalue weighted by atomic mass is 10.0. The highest BCUT2D eigenvalue weighted by atomic mass is 15.3. The third-order valence-corrected chi connectivity index (χ3v) is 4.17. The molecule has 1 saturated carbocycles. The van der Waals surface area contributed by atoms with Gasteiger partial charge in [-0.1, -0.05) is 37.3 Å². The predicted molar refractivity (Wildman–Crippen MR) is 75.5 cm³/mol. The first-order valence-corrected chi connectivity index (χ1v) is 6.99. The van der Waals surface area contributed by atoms with Crippen LogP contribution in [0.3, 0.4) is 0 Å². The molecule has 0 unspecified atom stereocenters. The van der Waals surface area contributed by atoms with E-state index in [1.807, 2.05) is 18.2 Å². The molecular formula is C15H20N4. The highest BCUT2D eigenvalue weighted by Crippen LogP contribution is 2.47. The minimum absolute atomic E-state index is 0.566. The maximum absolute atomic E-state index is 4.26. The lowest BCUT2D eigenvalue weighted by Gasteiger charge is -2.12. The Morgan fingerprint density at radius 2 is 2.00 bits per heavy atom. The van der Waals surface area contributed by atoms with Gasteiger partial charge in [0.25, 0.3) is 0 Å². The standard InChI is InChI=1S/C15H20N4/c1-2-15(8-9-15)11-16-10-13-14(18-19-17-13)12-6-4-3-5-7-12/h3-7,16H,2,8-11H2,1H3,(H,17,18,19). The number of nitrogens with one attached hydrogen (secondary N) is 2. The smallest absolute Gasteiger partial charge is 0.117 e. The van der Waals surface area contributed by atoms with Gasteiger partial charge < -0.3 is 5.32 Å². The molecular weight excluding hydrogens is 236 g/mol. The Morgan fingerprint density at radius 3 is 2.68 bits per heavy atom. The Bertz CT molecular complexity index is 528. The third-order valence-electron chi connectivity index (χ3n) is 4.17. The quantitative estimate of drug-likeness (QED) is 0.835. The van der Waals surface area contributed by atoms with Crippen molar-refractivity contribution in [3.05, 3.63) is 36.0 Å². The SMILES string of the molecule is CCC1(CNCc2n[nH]nc2-c2ccccc2)CC1. The first-order chi connectivity index (χ1) is 9.33. The molecule has 0 bridgehead atoms. The van der Waals surface area contributed by atoms with Crippen LogP contribution in [0.1, 0.15) is 31.9 Å². The van der Waals surface area contributed by atoms with E-state index in [2.05, 4.69) is 39.8 Å². The van der Waals surface area contributed by atoms with Gasteiger partial charge in [0.05, 0.1) is 0 Å². The Kier molecular flexibility index (Phi) is 3.34. The number of hydrogen-bond donors (Lipinski definition) is 2. The molecule has 2 aromatic rings. The van der Waals surface area contributed by atoms with E-state index < -0.39 is 0 Å². The molecule has 4 nitrogen and oxygen atoms in total. The molecule has 2 N–H and O–H groups in total. The first-order valence-electron chi connectivity index (χ1n) is 6.99.